The third-order valence-electron chi connectivity index (χ3n) is 7.97. The Hall–Kier alpha value is -3.90. The van der Waals surface area contributed by atoms with Crippen molar-refractivity contribution in [2.75, 3.05) is 0 Å². The van der Waals surface area contributed by atoms with Gasteiger partial charge in [-0.1, -0.05) is 139 Å². The summed E-state index contributed by atoms with van der Waals surface area (Å²) in [6.07, 6.45) is 0. The first kappa shape index (κ1) is 24.4. The van der Waals surface area contributed by atoms with Crippen LogP contribution >= 0.6 is 0 Å². The molecule has 0 aliphatic carbocycles. The van der Waals surface area contributed by atoms with E-state index in [1.807, 2.05) is 0 Å². The van der Waals surface area contributed by atoms with Crippen LogP contribution in [0, 0.1) is 0 Å². The van der Waals surface area contributed by atoms with Crippen LogP contribution in [-0.4, -0.2) is 0 Å². The van der Waals surface area contributed by atoms with E-state index >= 15 is 0 Å². The van der Waals surface area contributed by atoms with Crippen molar-refractivity contribution in [2.24, 2.45) is 0 Å². The first-order valence-corrected chi connectivity index (χ1v) is 13.7. The van der Waals surface area contributed by atoms with Crippen molar-refractivity contribution in [1.29, 1.82) is 0 Å². The summed E-state index contributed by atoms with van der Waals surface area (Å²) in [5.41, 5.74) is 8.14. The van der Waals surface area contributed by atoms with E-state index in [0.29, 0.717) is 0 Å². The Kier molecular flexibility index (Phi) is 5.69. The molecule has 0 saturated carbocycles. The van der Waals surface area contributed by atoms with Gasteiger partial charge < -0.3 is 0 Å². The molecule has 0 bridgehead atoms. The molecule has 0 spiro atoms. The molecule has 0 unspecified atom stereocenters. The zero-order valence-corrected chi connectivity index (χ0v) is 23.4. The summed E-state index contributed by atoms with van der Waals surface area (Å²) in [4.78, 5) is 0. The van der Waals surface area contributed by atoms with Gasteiger partial charge in [0.25, 0.3) is 0 Å². The Morgan fingerprint density at radius 2 is 0.711 bits per heavy atom. The second-order valence-corrected chi connectivity index (χ2v) is 12.7. The van der Waals surface area contributed by atoms with Gasteiger partial charge in [-0.05, 0) is 88.7 Å². The van der Waals surface area contributed by atoms with Crippen LogP contribution in [0.4, 0.5) is 0 Å². The van der Waals surface area contributed by atoms with Gasteiger partial charge >= 0.3 is 0 Å². The van der Waals surface area contributed by atoms with Crippen LogP contribution in [-0.2, 0) is 10.8 Å². The Labute approximate surface area is 227 Å². The minimum absolute atomic E-state index is 0.127. The van der Waals surface area contributed by atoms with Crippen molar-refractivity contribution >= 4 is 32.3 Å². The van der Waals surface area contributed by atoms with Crippen LogP contribution < -0.4 is 0 Å². The molecule has 0 heterocycles. The summed E-state index contributed by atoms with van der Waals surface area (Å²) in [6.45, 7) is 13.7. The van der Waals surface area contributed by atoms with E-state index in [0.717, 1.165) is 0 Å². The van der Waals surface area contributed by atoms with Crippen molar-refractivity contribution in [3.63, 3.8) is 0 Å². The smallest absolute Gasteiger partial charge is 0.00261 e. The lowest BCUT2D eigenvalue weighted by Crippen LogP contribution is -2.10. The number of hydrogen-bond acceptors (Lipinski definition) is 0. The highest BCUT2D eigenvalue weighted by molar-refractivity contribution is 6.23. The molecule has 188 valence electrons. The zero-order chi connectivity index (χ0) is 26.7. The van der Waals surface area contributed by atoms with Crippen molar-refractivity contribution < 1.29 is 0 Å². The lowest BCUT2D eigenvalue weighted by Gasteiger charge is -2.22. The van der Waals surface area contributed by atoms with E-state index in [2.05, 4.69) is 151 Å². The van der Waals surface area contributed by atoms with Crippen molar-refractivity contribution in [2.45, 2.75) is 52.4 Å². The van der Waals surface area contributed by atoms with Crippen LogP contribution in [0.15, 0.2) is 109 Å². The standard InChI is InChI=1S/C38H36/c1-37(2,3)29-19-15-25(16-20-29)35-31-13-9-10-14-32(31)36(26-17-21-30(22-18-26)38(4,5)6)34-24-28-12-8-7-11-27(28)23-33(34)35/h7-24H,1-6H3. The molecule has 0 heteroatoms. The second-order valence-electron chi connectivity index (χ2n) is 12.7. The summed E-state index contributed by atoms with van der Waals surface area (Å²) < 4.78 is 0. The summed E-state index contributed by atoms with van der Waals surface area (Å²) in [5.74, 6) is 0. The maximum Gasteiger partial charge on any atom is -0.00261 e. The van der Waals surface area contributed by atoms with Crippen molar-refractivity contribution in [1.82, 2.24) is 0 Å². The van der Waals surface area contributed by atoms with Gasteiger partial charge in [-0.2, -0.15) is 0 Å². The molecule has 0 radical (unpaired) electrons. The highest BCUT2D eigenvalue weighted by Gasteiger charge is 2.20. The average Bonchev–Trinajstić information content (AvgIpc) is 2.90. The molecule has 0 atom stereocenters. The van der Waals surface area contributed by atoms with Gasteiger partial charge in [-0.15, -0.1) is 0 Å². The number of benzene rings is 6. The van der Waals surface area contributed by atoms with E-state index < -0.39 is 0 Å². The number of hydrogen-bond donors (Lipinski definition) is 0. The van der Waals surface area contributed by atoms with Crippen molar-refractivity contribution in [3.8, 4) is 22.3 Å². The molecule has 0 saturated heterocycles. The fourth-order valence-corrected chi connectivity index (χ4v) is 5.76. The van der Waals surface area contributed by atoms with E-state index in [4.69, 9.17) is 0 Å². The van der Waals surface area contributed by atoms with Gasteiger partial charge in [0.2, 0.25) is 0 Å². The fourth-order valence-electron chi connectivity index (χ4n) is 5.76. The van der Waals surface area contributed by atoms with Crippen LogP contribution in [0.1, 0.15) is 52.7 Å². The van der Waals surface area contributed by atoms with Crippen molar-refractivity contribution in [3.05, 3.63) is 120 Å². The molecule has 0 aromatic heterocycles. The van der Waals surface area contributed by atoms with Crippen LogP contribution in [0.25, 0.3) is 54.6 Å². The monoisotopic (exact) mass is 492 g/mol. The first-order chi connectivity index (χ1) is 18.1. The normalized spacial score (nSPS) is 12.5. The van der Waals surface area contributed by atoms with Gasteiger partial charge in [-0.25, -0.2) is 0 Å². The SMILES string of the molecule is CC(C)(C)c1ccc(-c2c3ccccc3c(-c3ccc(C(C)(C)C)cc3)c3cc4ccccc4cc23)cc1. The fraction of sp³-hybridized carbons (Fsp3) is 0.211. The predicted molar refractivity (Wildman–Crippen MR) is 167 cm³/mol. The van der Waals surface area contributed by atoms with Gasteiger partial charge in [0.15, 0.2) is 0 Å². The summed E-state index contributed by atoms with van der Waals surface area (Å²) in [5, 5.41) is 7.76. The topological polar surface area (TPSA) is 0 Å². The molecular formula is C38H36. The van der Waals surface area contributed by atoms with Gasteiger partial charge in [0.1, 0.15) is 0 Å². The summed E-state index contributed by atoms with van der Waals surface area (Å²) in [7, 11) is 0. The largest absolute Gasteiger partial charge is 0.0616 e. The predicted octanol–water partition coefficient (Wildman–Crippen LogP) is 11.1. The molecule has 0 fully saturated rings. The first-order valence-electron chi connectivity index (χ1n) is 13.7. The van der Waals surface area contributed by atoms with Gasteiger partial charge in [-0.3, -0.25) is 0 Å². The minimum Gasteiger partial charge on any atom is -0.0616 e. The molecule has 38 heavy (non-hydrogen) atoms. The molecule has 0 nitrogen and oxygen atoms in total. The Morgan fingerprint density at radius 3 is 1.05 bits per heavy atom. The Bertz CT molecular complexity index is 1650. The van der Waals surface area contributed by atoms with E-state index in [1.165, 1.54) is 65.7 Å². The lowest BCUT2D eigenvalue weighted by atomic mass is 9.82. The third kappa shape index (κ3) is 4.19. The molecule has 0 aliphatic rings. The highest BCUT2D eigenvalue weighted by Crippen LogP contribution is 2.45. The molecule has 6 aromatic carbocycles. The Balaban J connectivity index is 1.72. The molecule has 6 rings (SSSR count). The van der Waals surface area contributed by atoms with Gasteiger partial charge in [0.05, 0.1) is 0 Å². The molecule has 0 aliphatic heterocycles. The van der Waals surface area contributed by atoms with Crippen LogP contribution in [0.5, 0.6) is 0 Å². The van der Waals surface area contributed by atoms with E-state index in [9.17, 15) is 0 Å². The Morgan fingerprint density at radius 1 is 0.368 bits per heavy atom. The zero-order valence-electron chi connectivity index (χ0n) is 23.4. The third-order valence-corrected chi connectivity index (χ3v) is 7.97. The molecule has 0 N–H and O–H groups in total. The molecule has 6 aromatic rings. The van der Waals surface area contributed by atoms with Gasteiger partial charge in [0, 0.05) is 0 Å². The summed E-state index contributed by atoms with van der Waals surface area (Å²) >= 11 is 0. The molecular weight excluding hydrogens is 456 g/mol. The quantitative estimate of drug-likeness (QED) is 0.211. The minimum atomic E-state index is 0.127. The second kappa shape index (κ2) is 8.84. The highest BCUT2D eigenvalue weighted by atomic mass is 14.2. The van der Waals surface area contributed by atoms with E-state index in [1.54, 1.807) is 0 Å². The maximum absolute atomic E-state index is 2.40. The van der Waals surface area contributed by atoms with E-state index in [-0.39, 0.29) is 10.8 Å². The summed E-state index contributed by atoms with van der Waals surface area (Å²) in [6, 6.07) is 40.9. The number of fused-ring (bicyclic) bond motifs is 3. The van der Waals surface area contributed by atoms with Crippen LogP contribution in [0.2, 0.25) is 0 Å². The number of rotatable bonds is 2. The van der Waals surface area contributed by atoms with Crippen LogP contribution in [0.3, 0.4) is 0 Å². The molecule has 0 amide bonds. The lowest BCUT2D eigenvalue weighted by molar-refractivity contribution is 0.590. The maximum atomic E-state index is 2.40. The average molecular weight is 493 g/mol.